The second kappa shape index (κ2) is 31.8. The van der Waals surface area contributed by atoms with Gasteiger partial charge in [0.15, 0.2) is 0 Å². The Balaban J connectivity index is 0.0000000937. The highest BCUT2D eigenvalue weighted by atomic mass is 14.7. The fourth-order valence-corrected chi connectivity index (χ4v) is 14.3. The Hall–Kier alpha value is -12.9. The van der Waals surface area contributed by atoms with Crippen LogP contribution in [0.4, 0.5) is 0 Å². The molecule has 2 nitrogen and oxygen atoms in total. The second-order valence-corrected chi connectivity index (χ2v) is 25.6. The summed E-state index contributed by atoms with van der Waals surface area (Å²) in [7, 11) is 0. The van der Waals surface area contributed by atoms with Crippen molar-refractivity contribution in [1.82, 2.24) is 9.97 Å². The number of rotatable bonds is 0. The van der Waals surface area contributed by atoms with Crippen molar-refractivity contribution in [3.8, 4) is 33.4 Å². The molecule has 0 N–H and O–H groups in total. The second-order valence-electron chi connectivity index (χ2n) is 25.6. The molecule has 2 heterocycles. The van der Waals surface area contributed by atoms with Gasteiger partial charge < -0.3 is 0 Å². The maximum absolute atomic E-state index is 4.35. The van der Waals surface area contributed by atoms with Gasteiger partial charge in [0, 0.05) is 23.2 Å². The molecule has 2 aromatic heterocycles. The van der Waals surface area contributed by atoms with Crippen LogP contribution in [0.5, 0.6) is 0 Å². The van der Waals surface area contributed by atoms with Gasteiger partial charge in [-0.2, -0.15) is 0 Å². The largest absolute Gasteiger partial charge is 0.254 e. The highest BCUT2D eigenvalue weighted by Crippen LogP contribution is 2.47. The van der Waals surface area contributed by atoms with Gasteiger partial charge >= 0.3 is 0 Å². The van der Waals surface area contributed by atoms with Crippen LogP contribution in [-0.4, -0.2) is 9.97 Å². The molecule has 0 amide bonds. The van der Waals surface area contributed by atoms with Crippen molar-refractivity contribution in [2.45, 2.75) is 25.7 Å². The first-order valence-corrected chi connectivity index (χ1v) is 35.3. The predicted octanol–water partition coefficient (Wildman–Crippen LogP) is 26.4. The molecule has 2 heteroatoms. The molecule has 102 heavy (non-hydrogen) atoms. The summed E-state index contributed by atoms with van der Waals surface area (Å²) in [6.45, 7) is 0. The molecular weight excluding hydrogens is 1230 g/mol. The molecule has 0 spiro atoms. The standard InChI is InChI=1S/C16H10.2C13H10.C12H8N2.C12H8.C10H8.2C9H8.C6H6/c1-2-8-13-12(7-1)14-9-3-5-11-6-4-10-15(13)16(11)14;1-4-10-6-2-8-12-9-3-7-11(5-1)13(10)12;1-2-5-11-8-9-12-7-3-6-10(4-1)13(11)12;1-3-9-5-6-10-4-2-8-14-12(10)11(9)13-7-1;1-3-9-4-2-6-11-8-7-10(5-1)12(9)11;1-2-6-10-8-4-3-7-9(10)5-1;2*1-2-5-9-7-3-6-8(9)4-1;1-2-4-6-5-3-1/h1-10H;1-8H,9H2;1-6,8-9H,7H2;1-8H;1-8H;1-8H;2*1-6H,7H2;1-6H. The average Bonchev–Trinajstić information content (AvgIpc) is 1.57. The lowest BCUT2D eigenvalue weighted by Crippen LogP contribution is -1.91. The molecule has 0 fully saturated rings. The third-order valence-electron chi connectivity index (χ3n) is 19.2. The van der Waals surface area contributed by atoms with Gasteiger partial charge in [0.1, 0.15) is 0 Å². The summed E-state index contributed by atoms with van der Waals surface area (Å²) in [5.74, 6) is 0. The van der Waals surface area contributed by atoms with Gasteiger partial charge in [-0.3, -0.25) is 9.97 Å². The molecule has 0 radical (unpaired) electrons. The minimum Gasteiger partial charge on any atom is -0.254 e. The van der Waals surface area contributed by atoms with Crippen LogP contribution in [0.1, 0.15) is 55.6 Å². The van der Waals surface area contributed by atoms with Crippen molar-refractivity contribution >= 4 is 101 Å². The van der Waals surface area contributed by atoms with E-state index in [2.05, 4.69) is 362 Å². The summed E-state index contributed by atoms with van der Waals surface area (Å²) in [4.78, 5) is 8.69. The highest BCUT2D eigenvalue weighted by Gasteiger charge is 2.20. The summed E-state index contributed by atoms with van der Waals surface area (Å²) >= 11 is 0. The topological polar surface area (TPSA) is 25.8 Å². The van der Waals surface area contributed by atoms with E-state index in [0.29, 0.717) is 0 Å². The van der Waals surface area contributed by atoms with Crippen molar-refractivity contribution in [1.29, 1.82) is 0 Å². The zero-order valence-electron chi connectivity index (χ0n) is 57.0. The molecule has 8 aliphatic carbocycles. The van der Waals surface area contributed by atoms with E-state index in [1.165, 1.54) is 132 Å². The Bertz CT molecular complexity index is 5600. The van der Waals surface area contributed by atoms with Crippen LogP contribution in [0.25, 0.3) is 135 Å². The van der Waals surface area contributed by atoms with Gasteiger partial charge in [-0.15, -0.1) is 0 Å². The van der Waals surface area contributed by atoms with E-state index >= 15 is 0 Å². The molecule has 8 aliphatic rings. The number of hydrogen-bond donors (Lipinski definition) is 0. The first-order valence-electron chi connectivity index (χ1n) is 35.3. The van der Waals surface area contributed by atoms with Gasteiger partial charge in [-0.05, 0) is 170 Å². The van der Waals surface area contributed by atoms with Gasteiger partial charge in [0.25, 0.3) is 0 Å². The van der Waals surface area contributed by atoms with Crippen molar-refractivity contribution < 1.29 is 0 Å². The van der Waals surface area contributed by atoms with E-state index in [9.17, 15) is 0 Å². The first kappa shape index (κ1) is 65.1. The number of nitrogens with zero attached hydrogens (tertiary/aromatic N) is 2. The van der Waals surface area contributed by atoms with Crippen LogP contribution in [0.3, 0.4) is 0 Å². The van der Waals surface area contributed by atoms with E-state index in [0.717, 1.165) is 47.5 Å². The molecule has 0 saturated carbocycles. The molecule has 13 aromatic carbocycles. The molecule has 23 rings (SSSR count). The number of fused-ring (bicyclic) bond motifs is 9. The van der Waals surface area contributed by atoms with Crippen LogP contribution < -0.4 is 0 Å². The van der Waals surface area contributed by atoms with Crippen LogP contribution >= 0.6 is 0 Å². The number of aromatic nitrogens is 2. The fraction of sp³-hybridized carbons (Fsp3) is 0.0400. The van der Waals surface area contributed by atoms with Crippen LogP contribution in [0.2, 0.25) is 0 Å². The van der Waals surface area contributed by atoms with E-state index in [1.807, 2.05) is 48.5 Å². The zero-order chi connectivity index (χ0) is 68.5. The van der Waals surface area contributed by atoms with E-state index < -0.39 is 0 Å². The van der Waals surface area contributed by atoms with Gasteiger partial charge in [-0.25, -0.2) is 0 Å². The summed E-state index contributed by atoms with van der Waals surface area (Å²) in [5, 5.41) is 13.2. The number of hydrogen-bond acceptors (Lipinski definition) is 2. The lowest BCUT2D eigenvalue weighted by atomic mass is 9.93. The third kappa shape index (κ3) is 14.9. The Morgan fingerprint density at radius 1 is 0.186 bits per heavy atom. The molecule has 0 atom stereocenters. The maximum Gasteiger partial charge on any atom is 0.0964 e. The number of allylic oxidation sites excluding steroid dienone is 4. The Kier molecular flexibility index (Phi) is 20.3. The average molecular weight is 1310 g/mol. The molecule has 0 bridgehead atoms. The normalized spacial score (nSPS) is 12.2. The summed E-state index contributed by atoms with van der Waals surface area (Å²) in [6, 6.07) is 119. The van der Waals surface area contributed by atoms with E-state index in [1.54, 1.807) is 12.4 Å². The Morgan fingerprint density at radius 2 is 0.529 bits per heavy atom. The number of pyridine rings is 2. The lowest BCUT2D eigenvalue weighted by molar-refractivity contribution is 1.29. The van der Waals surface area contributed by atoms with Gasteiger partial charge in [-0.1, -0.05) is 388 Å². The minimum atomic E-state index is 0.977. The number of benzene rings is 13. The van der Waals surface area contributed by atoms with Crippen LogP contribution in [0.15, 0.2) is 376 Å². The molecular formula is C100H76N2. The van der Waals surface area contributed by atoms with Crippen LogP contribution in [-0.2, 0) is 25.7 Å². The minimum absolute atomic E-state index is 0.977. The predicted molar refractivity (Wildman–Crippen MR) is 440 cm³/mol. The Labute approximate surface area is 598 Å². The summed E-state index contributed by atoms with van der Waals surface area (Å²) in [5.41, 5.74) is 24.3. The monoisotopic (exact) mass is 1300 g/mol. The fourth-order valence-electron chi connectivity index (χ4n) is 14.3. The van der Waals surface area contributed by atoms with E-state index in [-0.39, 0.29) is 0 Å². The summed E-state index contributed by atoms with van der Waals surface area (Å²) < 4.78 is 0. The van der Waals surface area contributed by atoms with Crippen LogP contribution in [0, 0.1) is 0 Å². The molecule has 486 valence electrons. The maximum atomic E-state index is 4.35. The van der Waals surface area contributed by atoms with Crippen molar-refractivity contribution in [3.63, 3.8) is 0 Å². The van der Waals surface area contributed by atoms with Gasteiger partial charge in [0.2, 0.25) is 0 Å². The van der Waals surface area contributed by atoms with Crippen molar-refractivity contribution in [2.75, 3.05) is 0 Å². The van der Waals surface area contributed by atoms with Crippen molar-refractivity contribution in [3.05, 3.63) is 432 Å². The van der Waals surface area contributed by atoms with Gasteiger partial charge in [0.05, 0.1) is 11.0 Å². The Morgan fingerprint density at radius 3 is 1.05 bits per heavy atom. The SMILES string of the molecule is C1=Cc2cccc3cccc(c23)C1.C1=Cc2cccc3cccc1c23.C1=Cc2ccccc2C1.C1=Cc2ccccc2C1.C1=Cc2ccccc3ccc(c2-3)C1.c1ccc2c(c1)-c1cccc3cccc-2c13.c1ccc2ccccc2c1.c1ccccc1.c1cnc2c(c1)ccc1cccnc12. The molecule has 0 unspecified atom stereocenters. The lowest BCUT2D eigenvalue weighted by Gasteiger charge is -2.11. The smallest absolute Gasteiger partial charge is 0.0964 e. The third-order valence-corrected chi connectivity index (χ3v) is 19.2. The first-order chi connectivity index (χ1) is 50.6. The summed E-state index contributed by atoms with van der Waals surface area (Å²) in [6.07, 6.45) is 30.0. The molecule has 0 aliphatic heterocycles. The molecule has 0 saturated heterocycles. The van der Waals surface area contributed by atoms with E-state index in [4.69, 9.17) is 0 Å². The molecule has 15 aromatic rings. The highest BCUT2D eigenvalue weighted by molar-refractivity contribution is 6.15. The zero-order valence-corrected chi connectivity index (χ0v) is 57.0. The van der Waals surface area contributed by atoms with Crippen molar-refractivity contribution in [2.24, 2.45) is 0 Å². The quantitative estimate of drug-likeness (QED) is 0.141.